The normalized spacial score (nSPS) is 23.3. The van der Waals surface area contributed by atoms with Gasteiger partial charge in [-0.15, -0.1) is 0 Å². The molecule has 1 aliphatic heterocycles. The number of nitrogens with two attached hydrogens (primary N) is 1. The molecule has 1 amide bonds. The van der Waals surface area contributed by atoms with Crippen molar-refractivity contribution in [2.45, 2.75) is 24.5 Å². The van der Waals surface area contributed by atoms with Gasteiger partial charge < -0.3 is 15.8 Å². The lowest BCUT2D eigenvalue weighted by molar-refractivity contribution is 0.0177. The number of carbonyl (C=O) groups is 1. The Morgan fingerprint density at radius 1 is 1.12 bits per heavy atom. The maximum absolute atomic E-state index is 14.7. The lowest BCUT2D eigenvalue weighted by Crippen LogP contribution is -2.43. The highest BCUT2D eigenvalue weighted by Crippen LogP contribution is 2.56. The quantitative estimate of drug-likeness (QED) is 0.603. The van der Waals surface area contributed by atoms with Crippen molar-refractivity contribution in [2.75, 3.05) is 5.32 Å². The number of hydrogen-bond donors (Lipinski definition) is 2. The van der Waals surface area contributed by atoms with Gasteiger partial charge in [-0.1, -0.05) is 36.4 Å². The van der Waals surface area contributed by atoms with Crippen molar-refractivity contribution in [3.63, 3.8) is 0 Å². The molecule has 1 aliphatic carbocycles. The number of rotatable bonds is 5. The molecule has 0 spiro atoms. The van der Waals surface area contributed by atoms with E-state index in [2.05, 4.69) is 15.3 Å². The second-order valence-electron chi connectivity index (χ2n) is 8.02. The lowest BCUT2D eigenvalue weighted by atomic mass is 9.84. The molecule has 33 heavy (non-hydrogen) atoms. The van der Waals surface area contributed by atoms with Gasteiger partial charge in [0.25, 0.3) is 18.4 Å². The molecular weight excluding hydrogens is 433 g/mol. The molecule has 2 heterocycles. The van der Waals surface area contributed by atoms with Crippen LogP contribution in [-0.2, 0) is 10.3 Å². The summed E-state index contributed by atoms with van der Waals surface area (Å²) in [6.07, 6.45) is -1.68. The minimum absolute atomic E-state index is 0.125. The van der Waals surface area contributed by atoms with Gasteiger partial charge in [0.1, 0.15) is 17.6 Å². The number of fused-ring (bicyclic) bond motifs is 1. The summed E-state index contributed by atoms with van der Waals surface area (Å²) in [7, 11) is 0. The smallest absolute Gasteiger partial charge is 0.283 e. The third-order valence-corrected chi connectivity index (χ3v) is 5.96. The number of ether oxygens (including phenoxy) is 1. The zero-order valence-corrected chi connectivity index (χ0v) is 17.2. The third kappa shape index (κ3) is 3.69. The Hall–Kier alpha value is -3.88. The van der Waals surface area contributed by atoms with E-state index in [1.807, 2.05) is 30.3 Å². The van der Waals surface area contributed by atoms with Crippen LogP contribution in [0.15, 0.2) is 71.9 Å². The van der Waals surface area contributed by atoms with Crippen LogP contribution in [0.1, 0.15) is 22.5 Å². The van der Waals surface area contributed by atoms with E-state index in [4.69, 9.17) is 10.5 Å². The molecule has 3 aromatic rings. The van der Waals surface area contributed by atoms with Crippen molar-refractivity contribution in [1.29, 1.82) is 0 Å². The number of amidine groups is 1. The van der Waals surface area contributed by atoms with Crippen LogP contribution >= 0.6 is 0 Å². The van der Waals surface area contributed by atoms with Gasteiger partial charge in [0.15, 0.2) is 5.54 Å². The molecule has 3 N–H and O–H groups in total. The highest BCUT2D eigenvalue weighted by molar-refractivity contribution is 6.03. The summed E-state index contributed by atoms with van der Waals surface area (Å²) < 4.78 is 48.4. The number of carbonyl (C=O) groups excluding carboxylic acids is 1. The minimum atomic E-state index is -3.01. The number of pyridine rings is 1. The molecule has 5 rings (SSSR count). The first-order chi connectivity index (χ1) is 15.9. The van der Waals surface area contributed by atoms with E-state index in [-0.39, 0.29) is 16.9 Å². The molecule has 168 valence electrons. The summed E-state index contributed by atoms with van der Waals surface area (Å²) >= 11 is 0. The Morgan fingerprint density at radius 2 is 1.91 bits per heavy atom. The fraction of sp³-hybridized carbons (Fsp3) is 0.208. The fourth-order valence-corrected chi connectivity index (χ4v) is 4.23. The number of amides is 1. The SMILES string of the molecule is NC1=N[C@@](c2cc(NC(=O)c3ccc(-c4ccccc4)cn3)ccc2F)(C(F)F)[C@H]2C[C@H]2O1. The summed E-state index contributed by atoms with van der Waals surface area (Å²) in [6, 6.07) is 16.0. The Labute approximate surface area is 187 Å². The lowest BCUT2D eigenvalue weighted by Gasteiger charge is -2.33. The summed E-state index contributed by atoms with van der Waals surface area (Å²) in [5.74, 6) is -2.11. The summed E-state index contributed by atoms with van der Waals surface area (Å²) in [5.41, 5.74) is 5.16. The molecule has 1 aromatic heterocycles. The molecule has 0 unspecified atom stereocenters. The average Bonchev–Trinajstić information content (AvgIpc) is 3.60. The van der Waals surface area contributed by atoms with Gasteiger partial charge in [-0.25, -0.2) is 18.2 Å². The highest BCUT2D eigenvalue weighted by atomic mass is 19.3. The zero-order chi connectivity index (χ0) is 23.2. The van der Waals surface area contributed by atoms with Gasteiger partial charge in [-0.05, 0) is 36.2 Å². The molecule has 0 bridgehead atoms. The Balaban J connectivity index is 1.42. The van der Waals surface area contributed by atoms with Crippen molar-refractivity contribution in [3.8, 4) is 11.1 Å². The number of aromatic nitrogens is 1. The monoisotopic (exact) mass is 452 g/mol. The molecule has 2 aliphatic rings. The first-order valence-electron chi connectivity index (χ1n) is 10.3. The van der Waals surface area contributed by atoms with E-state index < -0.39 is 41.7 Å². The molecule has 1 fully saturated rings. The van der Waals surface area contributed by atoms with Crippen molar-refractivity contribution >= 4 is 17.6 Å². The number of nitrogens with zero attached hydrogens (tertiary/aromatic N) is 2. The highest BCUT2D eigenvalue weighted by Gasteiger charge is 2.64. The van der Waals surface area contributed by atoms with Crippen LogP contribution < -0.4 is 11.1 Å². The van der Waals surface area contributed by atoms with E-state index in [0.717, 1.165) is 17.2 Å². The number of halogens is 3. The van der Waals surface area contributed by atoms with Gasteiger partial charge in [0.2, 0.25) is 0 Å². The van der Waals surface area contributed by atoms with E-state index >= 15 is 0 Å². The number of hydrogen-bond acceptors (Lipinski definition) is 5. The van der Waals surface area contributed by atoms with Crippen LogP contribution in [0.3, 0.4) is 0 Å². The van der Waals surface area contributed by atoms with Crippen LogP contribution in [0.25, 0.3) is 11.1 Å². The second kappa shape index (κ2) is 7.91. The van der Waals surface area contributed by atoms with Crippen molar-refractivity contribution < 1.29 is 22.7 Å². The van der Waals surface area contributed by atoms with Gasteiger partial charge in [0, 0.05) is 28.9 Å². The number of aliphatic imine (C=N–C) groups is 1. The number of nitrogens with one attached hydrogen (secondary N) is 1. The van der Waals surface area contributed by atoms with E-state index in [9.17, 15) is 18.0 Å². The van der Waals surface area contributed by atoms with Crippen LogP contribution in [0.4, 0.5) is 18.9 Å². The van der Waals surface area contributed by atoms with Gasteiger partial charge in [-0.3, -0.25) is 9.78 Å². The molecule has 0 radical (unpaired) electrons. The third-order valence-electron chi connectivity index (χ3n) is 5.96. The second-order valence-corrected chi connectivity index (χ2v) is 8.02. The molecule has 6 nitrogen and oxygen atoms in total. The predicted molar refractivity (Wildman–Crippen MR) is 116 cm³/mol. The predicted octanol–water partition coefficient (Wildman–Crippen LogP) is 4.33. The molecule has 1 saturated carbocycles. The fourth-order valence-electron chi connectivity index (χ4n) is 4.23. The molecule has 9 heteroatoms. The van der Waals surface area contributed by atoms with Crippen LogP contribution in [-0.4, -0.2) is 29.4 Å². The maximum atomic E-state index is 14.7. The van der Waals surface area contributed by atoms with Crippen molar-refractivity contribution in [3.05, 3.63) is 83.9 Å². The minimum Gasteiger partial charge on any atom is -0.462 e. The van der Waals surface area contributed by atoms with Crippen LogP contribution in [0, 0.1) is 11.7 Å². The first kappa shape index (κ1) is 21.0. The summed E-state index contributed by atoms with van der Waals surface area (Å²) in [4.78, 5) is 20.7. The van der Waals surface area contributed by atoms with Gasteiger partial charge in [0.05, 0.1) is 0 Å². The molecule has 2 aromatic carbocycles. The van der Waals surface area contributed by atoms with Crippen molar-refractivity contribution in [1.82, 2.24) is 4.98 Å². The average molecular weight is 452 g/mol. The largest absolute Gasteiger partial charge is 0.462 e. The maximum Gasteiger partial charge on any atom is 0.283 e. The van der Waals surface area contributed by atoms with E-state index in [0.29, 0.717) is 6.42 Å². The number of alkyl halides is 2. The van der Waals surface area contributed by atoms with Crippen LogP contribution in [0.2, 0.25) is 0 Å². The Kier molecular flexibility index (Phi) is 5.03. The van der Waals surface area contributed by atoms with E-state index in [1.54, 1.807) is 18.3 Å². The molecule has 3 atom stereocenters. The Bertz CT molecular complexity index is 1230. The zero-order valence-electron chi connectivity index (χ0n) is 17.2. The van der Waals surface area contributed by atoms with E-state index in [1.165, 1.54) is 12.1 Å². The van der Waals surface area contributed by atoms with Crippen molar-refractivity contribution in [2.24, 2.45) is 16.6 Å². The van der Waals surface area contributed by atoms with Gasteiger partial charge in [-0.2, -0.15) is 0 Å². The van der Waals surface area contributed by atoms with Gasteiger partial charge >= 0.3 is 0 Å². The summed E-state index contributed by atoms with van der Waals surface area (Å²) in [5, 5.41) is 2.60. The Morgan fingerprint density at radius 3 is 2.61 bits per heavy atom. The van der Waals surface area contributed by atoms with Crippen LogP contribution in [0.5, 0.6) is 0 Å². The number of benzene rings is 2. The molecular formula is C24H19F3N4O2. The number of anilines is 1. The summed E-state index contributed by atoms with van der Waals surface area (Å²) in [6.45, 7) is 0. The standard InChI is InChI=1S/C24H19F3N4O2/c25-18-8-7-15(10-16(18)24(22(26)27)17-11-20(17)33-23(28)31-24)30-21(32)19-9-6-14(12-29-19)13-4-2-1-3-5-13/h1-10,12,17,20,22H,11H2,(H2,28,31)(H,30,32)/t17-,20+,24+/m0/s1. The topological polar surface area (TPSA) is 89.6 Å². The first-order valence-corrected chi connectivity index (χ1v) is 10.3. The molecule has 0 saturated heterocycles.